The number of rotatable bonds is 4. The number of carbonyl (C=O) groups excluding carboxylic acids is 1. The van der Waals surface area contributed by atoms with Crippen LogP contribution in [-0.4, -0.2) is 15.8 Å². The Morgan fingerprint density at radius 1 is 1.56 bits per heavy atom. The molecule has 0 unspecified atom stereocenters. The molecule has 84 valence electrons. The van der Waals surface area contributed by atoms with Gasteiger partial charge in [0, 0.05) is 31.7 Å². The first-order chi connectivity index (χ1) is 7.72. The van der Waals surface area contributed by atoms with Crippen LogP contribution in [0.3, 0.4) is 0 Å². The van der Waals surface area contributed by atoms with Crippen molar-refractivity contribution in [3.63, 3.8) is 0 Å². The lowest BCUT2D eigenvalue weighted by Gasteiger charge is -1.92. The molecule has 0 aliphatic heterocycles. The molecular weight excluding hydrogens is 204 g/mol. The summed E-state index contributed by atoms with van der Waals surface area (Å²) >= 11 is 0. The standard InChI is InChI=1S/C12H14N2O2/c1-2-11(15)7-5-3-4-6-10-8-13-12(16)14-9-10/h8-9H,2-3,5,7H2,1H3,(H,13,14,16). The molecule has 0 saturated heterocycles. The zero-order chi connectivity index (χ0) is 11.8. The first-order valence-corrected chi connectivity index (χ1v) is 5.27. The molecule has 0 amide bonds. The quantitative estimate of drug-likeness (QED) is 0.611. The number of nitrogens with zero attached hydrogens (tertiary/aromatic N) is 1. The summed E-state index contributed by atoms with van der Waals surface area (Å²) in [5.74, 6) is 6.08. The van der Waals surface area contributed by atoms with Gasteiger partial charge in [-0.25, -0.2) is 9.78 Å². The molecule has 0 fully saturated rings. The highest BCUT2D eigenvalue weighted by atomic mass is 16.1. The predicted octanol–water partition coefficient (Wildman–Crippen LogP) is 1.27. The van der Waals surface area contributed by atoms with Gasteiger partial charge in [0.25, 0.3) is 0 Å². The lowest BCUT2D eigenvalue weighted by molar-refractivity contribution is -0.118. The van der Waals surface area contributed by atoms with Crippen LogP contribution in [0, 0.1) is 11.8 Å². The van der Waals surface area contributed by atoms with Crippen molar-refractivity contribution in [2.45, 2.75) is 32.6 Å². The summed E-state index contributed by atoms with van der Waals surface area (Å²) in [5.41, 5.74) is 0.306. The Balaban J connectivity index is 2.35. The van der Waals surface area contributed by atoms with Gasteiger partial charge in [-0.1, -0.05) is 18.8 Å². The van der Waals surface area contributed by atoms with Crippen LogP contribution < -0.4 is 5.69 Å². The van der Waals surface area contributed by atoms with Crippen molar-refractivity contribution >= 4 is 5.78 Å². The Hall–Kier alpha value is -1.89. The molecule has 0 saturated carbocycles. The summed E-state index contributed by atoms with van der Waals surface area (Å²) in [6.45, 7) is 1.86. The molecule has 16 heavy (non-hydrogen) atoms. The maximum atomic E-state index is 11.0. The molecule has 0 atom stereocenters. The van der Waals surface area contributed by atoms with Gasteiger partial charge in [0.1, 0.15) is 5.78 Å². The summed E-state index contributed by atoms with van der Waals surface area (Å²) in [7, 11) is 0. The predicted molar refractivity (Wildman–Crippen MR) is 60.9 cm³/mol. The third-order valence-corrected chi connectivity index (χ3v) is 2.06. The van der Waals surface area contributed by atoms with Gasteiger partial charge in [-0.05, 0) is 6.42 Å². The molecule has 4 heteroatoms. The van der Waals surface area contributed by atoms with Crippen LogP contribution in [0.25, 0.3) is 0 Å². The van der Waals surface area contributed by atoms with Crippen LogP contribution >= 0.6 is 0 Å². The second kappa shape index (κ2) is 6.57. The SMILES string of the molecule is CCC(=O)CCCC#Cc1cnc(=O)[nH]c1. The number of carbonyl (C=O) groups is 1. The van der Waals surface area contributed by atoms with Gasteiger partial charge in [0.05, 0.1) is 5.56 Å². The Morgan fingerprint density at radius 3 is 3.00 bits per heavy atom. The van der Waals surface area contributed by atoms with Crippen LogP contribution in [-0.2, 0) is 4.79 Å². The molecule has 1 heterocycles. The van der Waals surface area contributed by atoms with E-state index in [2.05, 4.69) is 21.8 Å². The highest BCUT2D eigenvalue weighted by Crippen LogP contribution is 1.98. The molecule has 1 N–H and O–H groups in total. The monoisotopic (exact) mass is 218 g/mol. The van der Waals surface area contributed by atoms with Gasteiger partial charge in [-0.15, -0.1) is 0 Å². The maximum Gasteiger partial charge on any atom is 0.344 e. The zero-order valence-electron chi connectivity index (χ0n) is 9.25. The summed E-state index contributed by atoms with van der Waals surface area (Å²) in [5, 5.41) is 0. The van der Waals surface area contributed by atoms with Crippen molar-refractivity contribution in [1.29, 1.82) is 0 Å². The van der Waals surface area contributed by atoms with Crippen LogP contribution in [0.4, 0.5) is 0 Å². The first-order valence-electron chi connectivity index (χ1n) is 5.27. The van der Waals surface area contributed by atoms with Crippen molar-refractivity contribution < 1.29 is 4.79 Å². The number of hydrogen-bond acceptors (Lipinski definition) is 3. The highest BCUT2D eigenvalue weighted by molar-refractivity contribution is 5.77. The van der Waals surface area contributed by atoms with E-state index in [1.807, 2.05) is 6.92 Å². The number of H-pyrrole nitrogens is 1. The number of unbranched alkanes of at least 4 members (excludes halogenated alkanes) is 1. The Labute approximate surface area is 94.1 Å². The molecule has 1 aromatic heterocycles. The summed E-state index contributed by atoms with van der Waals surface area (Å²) in [4.78, 5) is 27.6. The van der Waals surface area contributed by atoms with Crippen molar-refractivity contribution in [3.8, 4) is 11.8 Å². The molecule has 0 aromatic carbocycles. The van der Waals surface area contributed by atoms with Gasteiger partial charge in [0.2, 0.25) is 0 Å². The number of nitrogens with one attached hydrogen (secondary N) is 1. The number of aromatic nitrogens is 2. The molecule has 0 aliphatic carbocycles. The second-order valence-electron chi connectivity index (χ2n) is 3.35. The summed E-state index contributed by atoms with van der Waals surface area (Å²) in [6, 6.07) is 0. The van der Waals surface area contributed by atoms with E-state index in [9.17, 15) is 9.59 Å². The minimum atomic E-state index is -0.376. The number of hydrogen-bond donors (Lipinski definition) is 1. The van der Waals surface area contributed by atoms with Gasteiger partial charge >= 0.3 is 5.69 Å². The maximum absolute atomic E-state index is 11.0. The lowest BCUT2D eigenvalue weighted by atomic mass is 10.1. The number of aromatic amines is 1. The molecule has 0 aliphatic rings. The molecule has 1 rings (SSSR count). The Kier molecular flexibility index (Phi) is 5.00. The first kappa shape index (κ1) is 12.2. The molecule has 0 spiro atoms. The van der Waals surface area contributed by atoms with E-state index in [4.69, 9.17) is 0 Å². The van der Waals surface area contributed by atoms with E-state index in [1.54, 1.807) is 0 Å². The summed E-state index contributed by atoms with van der Waals surface area (Å²) in [6.07, 6.45) is 5.62. The van der Waals surface area contributed by atoms with E-state index in [-0.39, 0.29) is 11.5 Å². The topological polar surface area (TPSA) is 62.8 Å². The van der Waals surface area contributed by atoms with Crippen LogP contribution in [0.2, 0.25) is 0 Å². The van der Waals surface area contributed by atoms with Crippen molar-refractivity contribution in [2.75, 3.05) is 0 Å². The van der Waals surface area contributed by atoms with E-state index >= 15 is 0 Å². The van der Waals surface area contributed by atoms with E-state index < -0.39 is 0 Å². The smallest absolute Gasteiger partial charge is 0.311 e. The largest absolute Gasteiger partial charge is 0.344 e. The van der Waals surface area contributed by atoms with E-state index in [0.29, 0.717) is 24.8 Å². The number of Topliss-reactive ketones (excluding diaryl/α,β-unsaturated/α-hetero) is 1. The minimum absolute atomic E-state index is 0.271. The summed E-state index contributed by atoms with van der Waals surface area (Å²) < 4.78 is 0. The van der Waals surface area contributed by atoms with Gasteiger partial charge < -0.3 is 4.98 Å². The molecule has 1 aromatic rings. The van der Waals surface area contributed by atoms with Crippen molar-refractivity contribution in [1.82, 2.24) is 9.97 Å². The molecule has 0 radical (unpaired) electrons. The second-order valence-corrected chi connectivity index (χ2v) is 3.35. The molecule has 4 nitrogen and oxygen atoms in total. The lowest BCUT2D eigenvalue weighted by Crippen LogP contribution is -2.07. The van der Waals surface area contributed by atoms with Gasteiger partial charge in [0.15, 0.2) is 0 Å². The van der Waals surface area contributed by atoms with Gasteiger partial charge in [-0.2, -0.15) is 0 Å². The normalized spacial score (nSPS) is 9.31. The highest BCUT2D eigenvalue weighted by Gasteiger charge is 1.95. The van der Waals surface area contributed by atoms with Crippen LogP contribution in [0.1, 0.15) is 38.2 Å². The minimum Gasteiger partial charge on any atom is -0.311 e. The fourth-order valence-electron chi connectivity index (χ4n) is 1.13. The fraction of sp³-hybridized carbons (Fsp3) is 0.417. The number of ketones is 1. The average molecular weight is 218 g/mol. The van der Waals surface area contributed by atoms with Crippen molar-refractivity contribution in [3.05, 3.63) is 28.4 Å². The average Bonchev–Trinajstić information content (AvgIpc) is 2.31. The Morgan fingerprint density at radius 2 is 2.38 bits per heavy atom. The van der Waals surface area contributed by atoms with Crippen LogP contribution in [0.15, 0.2) is 17.2 Å². The molecular formula is C12H14N2O2. The fourth-order valence-corrected chi connectivity index (χ4v) is 1.13. The third-order valence-electron chi connectivity index (χ3n) is 2.06. The Bertz CT molecular complexity index is 445. The third kappa shape index (κ3) is 4.56. The molecule has 0 bridgehead atoms. The van der Waals surface area contributed by atoms with Crippen LogP contribution in [0.5, 0.6) is 0 Å². The zero-order valence-corrected chi connectivity index (χ0v) is 9.25. The van der Waals surface area contributed by atoms with Gasteiger partial charge in [-0.3, -0.25) is 4.79 Å². The van der Waals surface area contributed by atoms with Crippen molar-refractivity contribution in [2.24, 2.45) is 0 Å². The van der Waals surface area contributed by atoms with E-state index in [0.717, 1.165) is 6.42 Å². The van der Waals surface area contributed by atoms with E-state index in [1.165, 1.54) is 12.4 Å².